The highest BCUT2D eigenvalue weighted by molar-refractivity contribution is 6.02. The number of rotatable bonds is 4. The average molecular weight is 257 g/mol. The number of hydrogen-bond acceptors (Lipinski definition) is 2. The van der Waals surface area contributed by atoms with Crippen molar-refractivity contribution in [2.45, 2.75) is 32.7 Å². The molecule has 3 heteroatoms. The molecule has 1 aromatic carbocycles. The van der Waals surface area contributed by atoms with Crippen molar-refractivity contribution in [3.63, 3.8) is 0 Å². The molecule has 0 N–H and O–H groups in total. The molecule has 0 aromatic heterocycles. The summed E-state index contributed by atoms with van der Waals surface area (Å²) in [4.78, 5) is 25.6. The van der Waals surface area contributed by atoms with Crippen molar-refractivity contribution in [1.29, 1.82) is 0 Å². The molecule has 0 radical (unpaired) electrons. The van der Waals surface area contributed by atoms with Gasteiger partial charge in [-0.3, -0.25) is 9.59 Å². The molecule has 0 fully saturated rings. The Morgan fingerprint density at radius 1 is 1.21 bits per heavy atom. The van der Waals surface area contributed by atoms with Crippen LogP contribution in [0.25, 0.3) is 0 Å². The Balaban J connectivity index is 2.09. The monoisotopic (exact) mass is 257 g/mol. The van der Waals surface area contributed by atoms with E-state index in [1.54, 1.807) is 4.90 Å². The van der Waals surface area contributed by atoms with Crippen LogP contribution in [0.3, 0.4) is 0 Å². The van der Waals surface area contributed by atoms with Gasteiger partial charge in [-0.1, -0.05) is 30.3 Å². The molecule has 0 unspecified atom stereocenters. The summed E-state index contributed by atoms with van der Waals surface area (Å²) in [6.45, 7) is 3.22. The van der Waals surface area contributed by atoms with E-state index in [1.807, 2.05) is 37.3 Å². The lowest BCUT2D eigenvalue weighted by atomic mass is 9.97. The van der Waals surface area contributed by atoms with Crippen LogP contribution in [0.2, 0.25) is 0 Å². The third-order valence-corrected chi connectivity index (χ3v) is 3.36. The third-order valence-electron chi connectivity index (χ3n) is 3.36. The first-order chi connectivity index (χ1) is 9.20. The Morgan fingerprint density at radius 2 is 1.95 bits per heavy atom. The van der Waals surface area contributed by atoms with Gasteiger partial charge in [-0.15, -0.1) is 0 Å². The van der Waals surface area contributed by atoms with Crippen molar-refractivity contribution in [2.75, 3.05) is 6.54 Å². The number of benzene rings is 1. The first-order valence-corrected chi connectivity index (χ1v) is 6.77. The van der Waals surface area contributed by atoms with Crippen molar-refractivity contribution in [1.82, 2.24) is 4.90 Å². The fourth-order valence-corrected chi connectivity index (χ4v) is 2.29. The summed E-state index contributed by atoms with van der Waals surface area (Å²) in [6, 6.07) is 9.92. The molecule has 1 aliphatic rings. The van der Waals surface area contributed by atoms with Crippen LogP contribution in [0.4, 0.5) is 0 Å². The third kappa shape index (κ3) is 3.53. The lowest BCUT2D eigenvalue weighted by Crippen LogP contribution is -2.32. The summed E-state index contributed by atoms with van der Waals surface area (Å²) in [5, 5.41) is 0. The molecule has 0 aliphatic heterocycles. The highest BCUT2D eigenvalue weighted by Gasteiger charge is 2.20. The van der Waals surface area contributed by atoms with Gasteiger partial charge in [-0.2, -0.15) is 0 Å². The molecular formula is C16H19NO2. The van der Waals surface area contributed by atoms with Crippen LogP contribution in [-0.4, -0.2) is 23.1 Å². The van der Waals surface area contributed by atoms with Gasteiger partial charge in [-0.05, 0) is 31.4 Å². The van der Waals surface area contributed by atoms with Gasteiger partial charge in [0.15, 0.2) is 5.78 Å². The Morgan fingerprint density at radius 3 is 2.58 bits per heavy atom. The standard InChI is InChI=1S/C16H19NO2/c1-2-17(12-13-7-4-3-5-8-13)16(19)14-9-6-10-15(18)11-14/h3-5,7-8,11H,2,6,9-10,12H2,1H3. The van der Waals surface area contributed by atoms with Gasteiger partial charge in [-0.25, -0.2) is 0 Å². The molecule has 0 bridgehead atoms. The number of carbonyl (C=O) groups excluding carboxylic acids is 2. The van der Waals surface area contributed by atoms with Crippen LogP contribution in [0.15, 0.2) is 42.0 Å². The Bertz CT molecular complexity index is 491. The van der Waals surface area contributed by atoms with E-state index in [-0.39, 0.29) is 11.7 Å². The van der Waals surface area contributed by atoms with Gasteiger partial charge in [0.2, 0.25) is 5.91 Å². The fraction of sp³-hybridized carbons (Fsp3) is 0.375. The van der Waals surface area contributed by atoms with Gasteiger partial charge in [0.05, 0.1) is 0 Å². The highest BCUT2D eigenvalue weighted by Crippen LogP contribution is 2.18. The molecule has 3 nitrogen and oxygen atoms in total. The number of hydrogen-bond donors (Lipinski definition) is 0. The average Bonchev–Trinajstić information content (AvgIpc) is 2.45. The molecule has 1 aromatic rings. The molecule has 0 atom stereocenters. The van der Waals surface area contributed by atoms with E-state index in [0.717, 1.165) is 18.4 Å². The molecular weight excluding hydrogens is 238 g/mol. The maximum Gasteiger partial charge on any atom is 0.250 e. The Hall–Kier alpha value is -1.90. The molecule has 1 aliphatic carbocycles. The number of carbonyl (C=O) groups is 2. The first kappa shape index (κ1) is 13.5. The number of ketones is 1. The summed E-state index contributed by atoms with van der Waals surface area (Å²) >= 11 is 0. The second kappa shape index (κ2) is 6.32. The second-order valence-electron chi connectivity index (χ2n) is 4.79. The van der Waals surface area contributed by atoms with Gasteiger partial charge in [0, 0.05) is 25.1 Å². The summed E-state index contributed by atoms with van der Waals surface area (Å²) in [6.07, 6.45) is 3.61. The number of allylic oxidation sites excluding steroid dienone is 1. The minimum absolute atomic E-state index is 0.000553. The van der Waals surface area contributed by atoms with E-state index in [0.29, 0.717) is 25.1 Å². The van der Waals surface area contributed by atoms with E-state index in [1.165, 1.54) is 6.08 Å². The fourth-order valence-electron chi connectivity index (χ4n) is 2.29. The zero-order chi connectivity index (χ0) is 13.7. The SMILES string of the molecule is CCN(Cc1ccccc1)C(=O)C1=CC(=O)CCC1. The first-order valence-electron chi connectivity index (χ1n) is 6.77. The molecule has 0 saturated carbocycles. The lowest BCUT2D eigenvalue weighted by molar-refractivity contribution is -0.128. The molecule has 1 amide bonds. The van der Waals surface area contributed by atoms with Crippen LogP contribution < -0.4 is 0 Å². The van der Waals surface area contributed by atoms with E-state index in [9.17, 15) is 9.59 Å². The summed E-state index contributed by atoms with van der Waals surface area (Å²) in [7, 11) is 0. The number of amides is 1. The summed E-state index contributed by atoms with van der Waals surface area (Å²) in [5.41, 5.74) is 1.77. The smallest absolute Gasteiger partial charge is 0.250 e. The van der Waals surface area contributed by atoms with Gasteiger partial charge < -0.3 is 4.90 Å². The van der Waals surface area contributed by atoms with Crippen LogP contribution >= 0.6 is 0 Å². The van der Waals surface area contributed by atoms with Crippen LogP contribution in [0, 0.1) is 0 Å². The predicted octanol–water partition coefficient (Wildman–Crippen LogP) is 2.71. The molecule has 0 heterocycles. The van der Waals surface area contributed by atoms with E-state index < -0.39 is 0 Å². The van der Waals surface area contributed by atoms with Crippen molar-refractivity contribution in [2.24, 2.45) is 0 Å². The zero-order valence-electron chi connectivity index (χ0n) is 11.3. The van der Waals surface area contributed by atoms with Gasteiger partial charge in [0.1, 0.15) is 0 Å². The van der Waals surface area contributed by atoms with Crippen LogP contribution in [0.5, 0.6) is 0 Å². The van der Waals surface area contributed by atoms with Crippen molar-refractivity contribution >= 4 is 11.7 Å². The minimum Gasteiger partial charge on any atom is -0.335 e. The van der Waals surface area contributed by atoms with Crippen molar-refractivity contribution in [3.8, 4) is 0 Å². The van der Waals surface area contributed by atoms with E-state index >= 15 is 0 Å². The second-order valence-corrected chi connectivity index (χ2v) is 4.79. The topological polar surface area (TPSA) is 37.4 Å². The molecule has 100 valence electrons. The van der Waals surface area contributed by atoms with Gasteiger partial charge in [0.25, 0.3) is 0 Å². The highest BCUT2D eigenvalue weighted by atomic mass is 16.2. The molecule has 19 heavy (non-hydrogen) atoms. The quantitative estimate of drug-likeness (QED) is 0.831. The predicted molar refractivity (Wildman–Crippen MR) is 74.5 cm³/mol. The van der Waals surface area contributed by atoms with Crippen molar-refractivity contribution < 1.29 is 9.59 Å². The molecule has 0 spiro atoms. The number of likely N-dealkylation sites (N-methyl/N-ethyl adjacent to an activating group) is 1. The Labute approximate surface area is 113 Å². The summed E-state index contributed by atoms with van der Waals surface area (Å²) < 4.78 is 0. The minimum atomic E-state index is -0.000553. The van der Waals surface area contributed by atoms with Gasteiger partial charge >= 0.3 is 0 Å². The maximum atomic E-state index is 12.4. The molecule has 0 saturated heterocycles. The van der Waals surface area contributed by atoms with Crippen molar-refractivity contribution in [3.05, 3.63) is 47.5 Å². The van der Waals surface area contributed by atoms with E-state index in [2.05, 4.69) is 0 Å². The largest absolute Gasteiger partial charge is 0.335 e. The zero-order valence-corrected chi connectivity index (χ0v) is 11.3. The maximum absolute atomic E-state index is 12.4. The Kier molecular flexibility index (Phi) is 4.50. The lowest BCUT2D eigenvalue weighted by Gasteiger charge is -2.23. The van der Waals surface area contributed by atoms with E-state index in [4.69, 9.17) is 0 Å². The molecule has 2 rings (SSSR count). The summed E-state index contributed by atoms with van der Waals surface area (Å²) in [5.74, 6) is 0.0739. The normalized spacial score (nSPS) is 15.0. The van der Waals surface area contributed by atoms with Crippen LogP contribution in [-0.2, 0) is 16.1 Å². The van der Waals surface area contributed by atoms with Crippen LogP contribution in [0.1, 0.15) is 31.7 Å². The number of nitrogens with zero attached hydrogens (tertiary/aromatic N) is 1.